The minimum Gasteiger partial charge on any atom is -0.365 e. The molecule has 0 radical (unpaired) electrons. The van der Waals surface area contributed by atoms with Gasteiger partial charge in [0.2, 0.25) is 0 Å². The average molecular weight is 375 g/mol. The van der Waals surface area contributed by atoms with Crippen LogP contribution in [0.15, 0.2) is 41.5 Å². The molecule has 1 saturated heterocycles. The molecule has 5 rings (SSSR count). The van der Waals surface area contributed by atoms with E-state index in [0.717, 1.165) is 60.2 Å². The number of fused-ring (bicyclic) bond motifs is 2. The van der Waals surface area contributed by atoms with Crippen molar-refractivity contribution < 1.29 is 0 Å². The minimum absolute atomic E-state index is 0.0386. The standard InChI is InChI=1S/C20H21N7O/c1-13-11-16(24-27-12-14(2)22-19(13)27)15-5-8-26-18(23-15)4-3-17(20(26)28)25-9-6-21-7-10-25/h3-5,8,11-12,21H,6-7,9-10H2,1-2H3. The van der Waals surface area contributed by atoms with Crippen LogP contribution in [-0.4, -0.2) is 50.2 Å². The van der Waals surface area contributed by atoms with Crippen LogP contribution >= 0.6 is 0 Å². The minimum atomic E-state index is -0.0386. The van der Waals surface area contributed by atoms with Crippen molar-refractivity contribution in [1.29, 1.82) is 0 Å². The molecule has 0 aliphatic carbocycles. The lowest BCUT2D eigenvalue weighted by molar-refractivity contribution is 0.587. The Kier molecular flexibility index (Phi) is 3.87. The summed E-state index contributed by atoms with van der Waals surface area (Å²) in [5.74, 6) is 0. The first kappa shape index (κ1) is 16.9. The lowest BCUT2D eigenvalue weighted by Gasteiger charge is -2.28. The van der Waals surface area contributed by atoms with Crippen LogP contribution < -0.4 is 15.8 Å². The molecule has 8 heteroatoms. The molecule has 1 fully saturated rings. The first-order valence-electron chi connectivity index (χ1n) is 9.42. The number of hydrogen-bond acceptors (Lipinski definition) is 6. The highest BCUT2D eigenvalue weighted by molar-refractivity contribution is 5.62. The van der Waals surface area contributed by atoms with Gasteiger partial charge in [-0.1, -0.05) is 0 Å². The first-order chi connectivity index (χ1) is 13.6. The van der Waals surface area contributed by atoms with Gasteiger partial charge >= 0.3 is 0 Å². The first-order valence-corrected chi connectivity index (χ1v) is 9.42. The number of aromatic nitrogens is 5. The summed E-state index contributed by atoms with van der Waals surface area (Å²) in [5.41, 5.74) is 5.58. The van der Waals surface area contributed by atoms with Gasteiger partial charge in [0.25, 0.3) is 5.56 Å². The highest BCUT2D eigenvalue weighted by atomic mass is 16.1. The molecule has 142 valence electrons. The van der Waals surface area contributed by atoms with Gasteiger partial charge < -0.3 is 10.2 Å². The molecule has 0 bridgehead atoms. The Morgan fingerprint density at radius 1 is 1.04 bits per heavy atom. The van der Waals surface area contributed by atoms with E-state index in [1.54, 1.807) is 15.1 Å². The van der Waals surface area contributed by atoms with Crippen LogP contribution in [0.3, 0.4) is 0 Å². The molecule has 4 aromatic heterocycles. The molecular formula is C20H21N7O. The second-order valence-corrected chi connectivity index (χ2v) is 7.16. The van der Waals surface area contributed by atoms with Crippen molar-refractivity contribution >= 4 is 17.0 Å². The van der Waals surface area contributed by atoms with Gasteiger partial charge in [0.05, 0.1) is 17.6 Å². The topological polar surface area (TPSA) is 79.8 Å². The molecule has 0 saturated carbocycles. The lowest BCUT2D eigenvalue weighted by Crippen LogP contribution is -2.45. The fourth-order valence-electron chi connectivity index (χ4n) is 3.73. The normalized spacial score (nSPS) is 14.9. The number of anilines is 1. The maximum Gasteiger partial charge on any atom is 0.279 e. The highest BCUT2D eigenvalue weighted by Crippen LogP contribution is 2.20. The van der Waals surface area contributed by atoms with Gasteiger partial charge in [-0.3, -0.25) is 9.20 Å². The van der Waals surface area contributed by atoms with Gasteiger partial charge in [-0.2, -0.15) is 5.10 Å². The van der Waals surface area contributed by atoms with Gasteiger partial charge in [0.1, 0.15) is 17.0 Å². The van der Waals surface area contributed by atoms with E-state index in [9.17, 15) is 4.79 Å². The zero-order valence-corrected chi connectivity index (χ0v) is 15.9. The van der Waals surface area contributed by atoms with E-state index >= 15 is 0 Å². The number of imidazole rings is 1. The van der Waals surface area contributed by atoms with Crippen molar-refractivity contribution in [3.8, 4) is 11.4 Å². The van der Waals surface area contributed by atoms with Crippen LogP contribution in [-0.2, 0) is 0 Å². The summed E-state index contributed by atoms with van der Waals surface area (Å²) in [6.45, 7) is 7.41. The molecule has 1 aliphatic rings. The highest BCUT2D eigenvalue weighted by Gasteiger charge is 2.16. The molecule has 0 atom stereocenters. The van der Waals surface area contributed by atoms with Crippen LogP contribution in [0.2, 0.25) is 0 Å². The van der Waals surface area contributed by atoms with Crippen molar-refractivity contribution in [3.05, 3.63) is 58.3 Å². The summed E-state index contributed by atoms with van der Waals surface area (Å²) in [7, 11) is 0. The number of nitrogens with zero attached hydrogens (tertiary/aromatic N) is 6. The Hall–Kier alpha value is -3.26. The number of rotatable bonds is 2. The van der Waals surface area contributed by atoms with Crippen molar-refractivity contribution in [2.75, 3.05) is 31.1 Å². The van der Waals surface area contributed by atoms with E-state index in [1.807, 2.05) is 44.3 Å². The summed E-state index contributed by atoms with van der Waals surface area (Å²) in [5, 5.41) is 7.95. The molecule has 4 aromatic rings. The lowest BCUT2D eigenvalue weighted by atomic mass is 10.2. The maximum absolute atomic E-state index is 12.9. The number of pyridine rings is 1. The molecule has 5 heterocycles. The zero-order chi connectivity index (χ0) is 19.3. The van der Waals surface area contributed by atoms with Gasteiger partial charge in [-0.25, -0.2) is 14.5 Å². The van der Waals surface area contributed by atoms with E-state index in [0.29, 0.717) is 5.65 Å². The average Bonchev–Trinajstić information content (AvgIpc) is 3.09. The van der Waals surface area contributed by atoms with Crippen LogP contribution in [0.5, 0.6) is 0 Å². The monoisotopic (exact) mass is 375 g/mol. The SMILES string of the molecule is Cc1cn2nc(-c3ccn4c(=O)c(N5CCNCC5)ccc4n3)cc(C)c2n1. The Labute approximate surface area is 161 Å². The fourth-order valence-corrected chi connectivity index (χ4v) is 3.73. The van der Waals surface area contributed by atoms with Gasteiger partial charge in [-0.15, -0.1) is 0 Å². The molecule has 0 spiro atoms. The molecule has 1 N–H and O–H groups in total. The van der Waals surface area contributed by atoms with Crippen molar-refractivity contribution in [3.63, 3.8) is 0 Å². The van der Waals surface area contributed by atoms with E-state index in [2.05, 4.69) is 25.3 Å². The second kappa shape index (κ2) is 6.42. The summed E-state index contributed by atoms with van der Waals surface area (Å²) in [6, 6.07) is 7.59. The van der Waals surface area contributed by atoms with E-state index in [1.165, 1.54) is 0 Å². The molecule has 0 aromatic carbocycles. The summed E-state index contributed by atoms with van der Waals surface area (Å²) >= 11 is 0. The van der Waals surface area contributed by atoms with Crippen molar-refractivity contribution in [1.82, 2.24) is 29.3 Å². The Morgan fingerprint density at radius 2 is 1.86 bits per heavy atom. The largest absolute Gasteiger partial charge is 0.365 e. The molecule has 0 unspecified atom stereocenters. The third-order valence-corrected chi connectivity index (χ3v) is 5.14. The quantitative estimate of drug-likeness (QED) is 0.571. The molecule has 8 nitrogen and oxygen atoms in total. The molecule has 0 amide bonds. The Morgan fingerprint density at radius 3 is 2.68 bits per heavy atom. The summed E-state index contributed by atoms with van der Waals surface area (Å²) in [4.78, 5) is 24.2. The molecular weight excluding hydrogens is 354 g/mol. The predicted molar refractivity (Wildman–Crippen MR) is 108 cm³/mol. The third kappa shape index (κ3) is 2.73. The maximum atomic E-state index is 12.9. The predicted octanol–water partition coefficient (Wildman–Crippen LogP) is 1.43. The number of piperazine rings is 1. The van der Waals surface area contributed by atoms with Crippen LogP contribution in [0.1, 0.15) is 11.3 Å². The number of hydrogen-bond donors (Lipinski definition) is 1. The number of nitrogens with one attached hydrogen (secondary N) is 1. The third-order valence-electron chi connectivity index (χ3n) is 5.14. The second-order valence-electron chi connectivity index (χ2n) is 7.16. The Balaban J connectivity index is 1.59. The smallest absolute Gasteiger partial charge is 0.279 e. The van der Waals surface area contributed by atoms with Gasteiger partial charge in [0, 0.05) is 32.4 Å². The number of aryl methyl sites for hydroxylation is 2. The Bertz CT molecular complexity index is 1250. The van der Waals surface area contributed by atoms with Crippen molar-refractivity contribution in [2.24, 2.45) is 0 Å². The van der Waals surface area contributed by atoms with E-state index in [4.69, 9.17) is 0 Å². The van der Waals surface area contributed by atoms with Crippen LogP contribution in [0, 0.1) is 13.8 Å². The molecule has 28 heavy (non-hydrogen) atoms. The van der Waals surface area contributed by atoms with Gasteiger partial charge in [0.15, 0.2) is 5.65 Å². The van der Waals surface area contributed by atoms with Gasteiger partial charge in [-0.05, 0) is 43.7 Å². The fraction of sp³-hybridized carbons (Fsp3) is 0.300. The van der Waals surface area contributed by atoms with Crippen molar-refractivity contribution in [2.45, 2.75) is 13.8 Å². The zero-order valence-electron chi connectivity index (χ0n) is 15.9. The summed E-state index contributed by atoms with van der Waals surface area (Å²) < 4.78 is 3.39. The molecule has 1 aliphatic heterocycles. The van der Waals surface area contributed by atoms with Crippen LogP contribution in [0.25, 0.3) is 22.7 Å². The van der Waals surface area contributed by atoms with E-state index in [-0.39, 0.29) is 5.56 Å². The van der Waals surface area contributed by atoms with E-state index < -0.39 is 0 Å². The summed E-state index contributed by atoms with van der Waals surface area (Å²) in [6.07, 6.45) is 3.68. The van der Waals surface area contributed by atoms with Crippen LogP contribution in [0.4, 0.5) is 5.69 Å².